The Hall–Kier alpha value is -4.44. The Morgan fingerprint density at radius 3 is 2.43 bits per heavy atom. The Labute approximate surface area is 218 Å². The van der Waals surface area contributed by atoms with Gasteiger partial charge in [0.2, 0.25) is 5.91 Å². The third-order valence-corrected chi connectivity index (χ3v) is 5.59. The van der Waals surface area contributed by atoms with Gasteiger partial charge in [-0.25, -0.2) is 14.8 Å². The van der Waals surface area contributed by atoms with Crippen molar-refractivity contribution in [1.82, 2.24) is 20.2 Å². The predicted octanol–water partition coefficient (Wildman–Crippen LogP) is 3.69. The minimum Gasteiger partial charge on any atom is -0.372 e. The van der Waals surface area contributed by atoms with Crippen LogP contribution in [0, 0.1) is 0 Å². The summed E-state index contributed by atoms with van der Waals surface area (Å²) in [6.07, 6.45) is 2.63. The van der Waals surface area contributed by atoms with Gasteiger partial charge in [-0.1, -0.05) is 36.9 Å². The molecular formula is C27H34N8O2. The highest BCUT2D eigenvalue weighted by atomic mass is 16.2. The van der Waals surface area contributed by atoms with Crippen LogP contribution >= 0.6 is 0 Å². The monoisotopic (exact) mass is 502 g/mol. The van der Waals surface area contributed by atoms with Gasteiger partial charge in [-0.3, -0.25) is 9.69 Å². The van der Waals surface area contributed by atoms with Gasteiger partial charge >= 0.3 is 6.03 Å². The van der Waals surface area contributed by atoms with Crippen molar-refractivity contribution < 1.29 is 9.59 Å². The number of anilines is 5. The lowest BCUT2D eigenvalue weighted by atomic mass is 10.2. The summed E-state index contributed by atoms with van der Waals surface area (Å²) < 4.78 is 0. The van der Waals surface area contributed by atoms with E-state index in [9.17, 15) is 9.59 Å². The predicted molar refractivity (Wildman–Crippen MR) is 149 cm³/mol. The highest BCUT2D eigenvalue weighted by Gasteiger charge is 2.14. The van der Waals surface area contributed by atoms with Crippen molar-refractivity contribution in [1.29, 1.82) is 0 Å². The van der Waals surface area contributed by atoms with Gasteiger partial charge in [0.15, 0.2) is 0 Å². The zero-order valence-corrected chi connectivity index (χ0v) is 21.7. The average molecular weight is 503 g/mol. The van der Waals surface area contributed by atoms with E-state index in [1.165, 1.54) is 17.3 Å². The minimum absolute atomic E-state index is 0.284. The molecule has 2 aromatic carbocycles. The largest absolute Gasteiger partial charge is 0.372 e. The smallest absolute Gasteiger partial charge is 0.323 e. The van der Waals surface area contributed by atoms with Crippen LogP contribution in [0.1, 0.15) is 5.56 Å². The van der Waals surface area contributed by atoms with E-state index < -0.39 is 0 Å². The van der Waals surface area contributed by atoms with Gasteiger partial charge in [0.1, 0.15) is 18.0 Å². The Morgan fingerprint density at radius 1 is 0.973 bits per heavy atom. The van der Waals surface area contributed by atoms with Crippen LogP contribution in [0.25, 0.3) is 0 Å². The Morgan fingerprint density at radius 2 is 1.73 bits per heavy atom. The topological polar surface area (TPSA) is 106 Å². The molecule has 0 spiro atoms. The number of nitrogens with one attached hydrogen (secondary N) is 3. The first kappa shape index (κ1) is 27.2. The molecule has 3 N–H and O–H groups in total. The summed E-state index contributed by atoms with van der Waals surface area (Å²) >= 11 is 0. The SMILES string of the molecule is C=CC(=O)Nc1cc(Nc2cc(N(C)C(=O)NCc3ccccc3)ncn2)ccc1N(C)CCN(C)C. The number of aromatic nitrogens is 2. The molecule has 0 unspecified atom stereocenters. The normalized spacial score (nSPS) is 10.5. The lowest BCUT2D eigenvalue weighted by molar-refractivity contribution is -0.111. The highest BCUT2D eigenvalue weighted by Crippen LogP contribution is 2.30. The van der Waals surface area contributed by atoms with Gasteiger partial charge in [0.25, 0.3) is 0 Å². The van der Waals surface area contributed by atoms with E-state index in [-0.39, 0.29) is 11.9 Å². The number of likely N-dealkylation sites (N-methyl/N-ethyl adjacent to an activating group) is 2. The number of amides is 3. The second kappa shape index (κ2) is 13.0. The van der Waals surface area contributed by atoms with Crippen molar-refractivity contribution in [3.63, 3.8) is 0 Å². The van der Waals surface area contributed by atoms with E-state index in [4.69, 9.17) is 0 Å². The quantitative estimate of drug-likeness (QED) is 0.344. The molecule has 10 nitrogen and oxygen atoms in total. The van der Waals surface area contributed by atoms with E-state index in [1.54, 1.807) is 13.1 Å². The van der Waals surface area contributed by atoms with Gasteiger partial charge in [-0.15, -0.1) is 0 Å². The molecule has 3 rings (SSSR count). The second-order valence-corrected chi connectivity index (χ2v) is 8.74. The molecule has 0 fully saturated rings. The molecule has 10 heteroatoms. The molecule has 1 aromatic heterocycles. The molecule has 37 heavy (non-hydrogen) atoms. The maximum absolute atomic E-state index is 12.6. The van der Waals surface area contributed by atoms with Crippen LogP contribution < -0.4 is 25.8 Å². The molecule has 0 saturated carbocycles. The number of benzene rings is 2. The average Bonchev–Trinajstić information content (AvgIpc) is 2.90. The third-order valence-electron chi connectivity index (χ3n) is 5.59. The molecule has 0 aliphatic rings. The van der Waals surface area contributed by atoms with Gasteiger partial charge in [0.05, 0.1) is 11.4 Å². The fourth-order valence-corrected chi connectivity index (χ4v) is 3.44. The summed E-state index contributed by atoms with van der Waals surface area (Å²) in [6, 6.07) is 16.8. The number of carbonyl (C=O) groups excluding carboxylic acids is 2. The fourth-order valence-electron chi connectivity index (χ4n) is 3.44. The molecule has 0 bridgehead atoms. The van der Waals surface area contributed by atoms with Crippen LogP contribution in [0.4, 0.5) is 33.5 Å². The summed E-state index contributed by atoms with van der Waals surface area (Å²) in [5, 5.41) is 8.99. The number of hydrogen-bond acceptors (Lipinski definition) is 7. The van der Waals surface area contributed by atoms with Crippen molar-refractivity contribution in [2.75, 3.05) is 61.7 Å². The van der Waals surface area contributed by atoms with Gasteiger partial charge < -0.3 is 25.8 Å². The van der Waals surface area contributed by atoms with Gasteiger partial charge in [-0.2, -0.15) is 0 Å². The van der Waals surface area contributed by atoms with E-state index in [0.717, 1.165) is 24.3 Å². The van der Waals surface area contributed by atoms with Crippen molar-refractivity contribution >= 4 is 40.6 Å². The number of nitrogens with zero attached hydrogens (tertiary/aromatic N) is 5. The summed E-state index contributed by atoms with van der Waals surface area (Å²) in [5.41, 5.74) is 3.23. The molecule has 3 amide bonds. The molecule has 0 aliphatic heterocycles. The zero-order chi connectivity index (χ0) is 26.8. The lowest BCUT2D eigenvalue weighted by Gasteiger charge is -2.25. The van der Waals surface area contributed by atoms with E-state index in [1.807, 2.05) is 69.7 Å². The molecule has 0 saturated heterocycles. The van der Waals surface area contributed by atoms with Crippen molar-refractivity contribution in [3.8, 4) is 0 Å². The molecular weight excluding hydrogens is 468 g/mol. The van der Waals surface area contributed by atoms with Crippen molar-refractivity contribution in [2.45, 2.75) is 6.54 Å². The second-order valence-electron chi connectivity index (χ2n) is 8.74. The van der Waals surface area contributed by atoms with Crippen LogP contribution in [0.2, 0.25) is 0 Å². The number of rotatable bonds is 11. The molecule has 0 radical (unpaired) electrons. The number of hydrogen-bond donors (Lipinski definition) is 3. The first-order chi connectivity index (χ1) is 17.8. The van der Waals surface area contributed by atoms with Crippen LogP contribution in [0.5, 0.6) is 0 Å². The Balaban J connectivity index is 1.74. The van der Waals surface area contributed by atoms with Gasteiger partial charge in [-0.05, 0) is 43.9 Å². The maximum atomic E-state index is 12.6. The van der Waals surface area contributed by atoms with Crippen molar-refractivity contribution in [2.24, 2.45) is 0 Å². The Kier molecular flexibility index (Phi) is 9.56. The van der Waals surface area contributed by atoms with Crippen molar-refractivity contribution in [3.05, 3.63) is 79.1 Å². The maximum Gasteiger partial charge on any atom is 0.323 e. The van der Waals surface area contributed by atoms with E-state index in [2.05, 4.69) is 42.3 Å². The molecule has 194 valence electrons. The van der Waals surface area contributed by atoms with E-state index >= 15 is 0 Å². The highest BCUT2D eigenvalue weighted by molar-refractivity contribution is 6.01. The first-order valence-corrected chi connectivity index (χ1v) is 11.8. The summed E-state index contributed by atoms with van der Waals surface area (Å²) in [6.45, 7) is 5.61. The number of carbonyl (C=O) groups is 2. The molecule has 3 aromatic rings. The molecule has 0 aliphatic carbocycles. The standard InChI is InChI=1S/C27H34N8O2/c1-6-26(36)32-22-16-21(12-13-23(22)34(4)15-14-33(2)3)31-24-17-25(30-19-29-24)35(5)27(37)28-18-20-10-8-7-9-11-20/h6-13,16-17,19H,1,14-15,18H2,2-5H3,(H,28,37)(H,32,36)(H,29,30,31). The Bertz CT molecular complexity index is 1220. The van der Waals surface area contributed by atoms with Crippen LogP contribution in [0.3, 0.4) is 0 Å². The van der Waals surface area contributed by atoms with Gasteiger partial charge in [0, 0.05) is 45.5 Å². The molecule has 0 atom stereocenters. The number of urea groups is 1. The lowest BCUT2D eigenvalue weighted by Crippen LogP contribution is -2.37. The minimum atomic E-state index is -0.299. The van der Waals surface area contributed by atoms with E-state index in [0.29, 0.717) is 29.6 Å². The van der Waals surface area contributed by atoms with Crippen LogP contribution in [-0.4, -0.2) is 68.1 Å². The fraction of sp³-hybridized carbons (Fsp3) is 0.259. The van der Waals surface area contributed by atoms with Crippen LogP contribution in [0.15, 0.2) is 73.6 Å². The summed E-state index contributed by atoms with van der Waals surface area (Å²) in [5.74, 6) is 0.637. The zero-order valence-electron chi connectivity index (χ0n) is 21.7. The third kappa shape index (κ3) is 8.04. The molecule has 1 heterocycles. The summed E-state index contributed by atoms with van der Waals surface area (Å²) in [7, 11) is 7.65. The van der Waals surface area contributed by atoms with Crippen LogP contribution in [-0.2, 0) is 11.3 Å². The first-order valence-electron chi connectivity index (χ1n) is 11.8. The summed E-state index contributed by atoms with van der Waals surface area (Å²) in [4.78, 5) is 38.8.